The van der Waals surface area contributed by atoms with Gasteiger partial charge in [0.1, 0.15) is 0 Å². The summed E-state index contributed by atoms with van der Waals surface area (Å²) < 4.78 is 2.10. The predicted molar refractivity (Wildman–Crippen MR) is 73.6 cm³/mol. The smallest absolute Gasteiger partial charge is 0.0949 e. The second-order valence-electron chi connectivity index (χ2n) is 5.10. The van der Waals surface area contributed by atoms with E-state index in [1.165, 1.54) is 5.69 Å². The standard InChI is InChI=1S/C14H19N5/c1-18-9-17-12-7-10(8-15)19(2)14(13(12)18)11-5-3-4-6-16-11/h3-6,9-10,14H,7-8,15H2,1-2H3. The summed E-state index contributed by atoms with van der Waals surface area (Å²) in [6, 6.07) is 6.48. The van der Waals surface area contributed by atoms with E-state index in [0.717, 1.165) is 17.8 Å². The first-order valence-electron chi connectivity index (χ1n) is 6.55. The predicted octanol–water partition coefficient (Wildman–Crippen LogP) is 0.720. The van der Waals surface area contributed by atoms with Crippen LogP contribution >= 0.6 is 0 Å². The Morgan fingerprint density at radius 3 is 2.84 bits per heavy atom. The van der Waals surface area contributed by atoms with E-state index in [-0.39, 0.29) is 6.04 Å². The van der Waals surface area contributed by atoms with Crippen molar-refractivity contribution in [3.63, 3.8) is 0 Å². The third-order valence-corrected chi connectivity index (χ3v) is 3.97. The van der Waals surface area contributed by atoms with Gasteiger partial charge in [0.25, 0.3) is 0 Å². The number of pyridine rings is 1. The zero-order valence-corrected chi connectivity index (χ0v) is 11.3. The molecule has 1 aliphatic heterocycles. The van der Waals surface area contributed by atoms with Crippen molar-refractivity contribution in [2.45, 2.75) is 18.5 Å². The van der Waals surface area contributed by atoms with Crippen LogP contribution < -0.4 is 5.73 Å². The van der Waals surface area contributed by atoms with Crippen LogP contribution in [0.5, 0.6) is 0 Å². The summed E-state index contributed by atoms with van der Waals surface area (Å²) in [6.07, 6.45) is 4.63. The molecule has 3 rings (SSSR count). The van der Waals surface area contributed by atoms with Gasteiger partial charge in [0.15, 0.2) is 0 Å². The zero-order chi connectivity index (χ0) is 13.4. The summed E-state index contributed by atoms with van der Waals surface area (Å²) in [5.41, 5.74) is 9.32. The molecule has 0 aromatic carbocycles. The number of hydrogen-bond donors (Lipinski definition) is 1. The Kier molecular flexibility index (Phi) is 3.08. The maximum atomic E-state index is 5.90. The highest BCUT2D eigenvalue weighted by Crippen LogP contribution is 2.34. The molecule has 1 aliphatic rings. The molecule has 0 saturated carbocycles. The Hall–Kier alpha value is -1.72. The van der Waals surface area contributed by atoms with Gasteiger partial charge in [0, 0.05) is 32.3 Å². The molecule has 5 heteroatoms. The van der Waals surface area contributed by atoms with Gasteiger partial charge in [-0.2, -0.15) is 0 Å². The first-order chi connectivity index (χ1) is 9.22. The molecular weight excluding hydrogens is 238 g/mol. The minimum absolute atomic E-state index is 0.131. The van der Waals surface area contributed by atoms with Crippen molar-refractivity contribution in [1.29, 1.82) is 0 Å². The van der Waals surface area contributed by atoms with Crippen LogP contribution in [-0.2, 0) is 13.5 Å². The average Bonchev–Trinajstić information content (AvgIpc) is 2.80. The molecule has 19 heavy (non-hydrogen) atoms. The molecule has 2 N–H and O–H groups in total. The highest BCUT2D eigenvalue weighted by atomic mass is 15.2. The molecule has 0 saturated heterocycles. The topological polar surface area (TPSA) is 60.0 Å². The van der Waals surface area contributed by atoms with Crippen LogP contribution in [-0.4, -0.2) is 39.1 Å². The number of aromatic nitrogens is 3. The lowest BCUT2D eigenvalue weighted by Gasteiger charge is -2.38. The van der Waals surface area contributed by atoms with Crippen LogP contribution in [0.4, 0.5) is 0 Å². The third-order valence-electron chi connectivity index (χ3n) is 3.97. The summed E-state index contributed by atoms with van der Waals surface area (Å²) in [6.45, 7) is 0.635. The minimum atomic E-state index is 0.131. The fourth-order valence-corrected chi connectivity index (χ4v) is 2.90. The highest BCUT2D eigenvalue weighted by Gasteiger charge is 2.35. The lowest BCUT2D eigenvalue weighted by atomic mass is 9.94. The number of fused-ring (bicyclic) bond motifs is 1. The van der Waals surface area contributed by atoms with E-state index in [9.17, 15) is 0 Å². The van der Waals surface area contributed by atoms with Crippen LogP contribution in [0, 0.1) is 0 Å². The molecule has 0 fully saturated rings. The van der Waals surface area contributed by atoms with Gasteiger partial charge >= 0.3 is 0 Å². The quantitative estimate of drug-likeness (QED) is 0.861. The minimum Gasteiger partial charge on any atom is -0.336 e. The number of rotatable bonds is 2. The van der Waals surface area contributed by atoms with Crippen molar-refractivity contribution >= 4 is 0 Å². The van der Waals surface area contributed by atoms with Crippen LogP contribution in [0.1, 0.15) is 23.1 Å². The molecule has 2 unspecified atom stereocenters. The summed E-state index contributed by atoms with van der Waals surface area (Å²) in [5, 5.41) is 0. The lowest BCUT2D eigenvalue weighted by Crippen LogP contribution is -2.46. The molecule has 2 atom stereocenters. The molecule has 0 aliphatic carbocycles. The van der Waals surface area contributed by atoms with E-state index in [0.29, 0.717) is 12.6 Å². The van der Waals surface area contributed by atoms with Gasteiger partial charge in [-0.25, -0.2) is 4.98 Å². The number of imidazole rings is 1. The number of hydrogen-bond acceptors (Lipinski definition) is 4. The number of nitrogens with zero attached hydrogens (tertiary/aromatic N) is 4. The van der Waals surface area contributed by atoms with Gasteiger partial charge in [-0.05, 0) is 19.2 Å². The molecule has 0 radical (unpaired) electrons. The van der Waals surface area contributed by atoms with Gasteiger partial charge < -0.3 is 10.3 Å². The second-order valence-corrected chi connectivity index (χ2v) is 5.10. The molecule has 2 aromatic heterocycles. The number of nitrogens with two attached hydrogens (primary N) is 1. The van der Waals surface area contributed by atoms with E-state index in [1.807, 2.05) is 31.7 Å². The SMILES string of the molecule is CN1C(CN)Cc2ncn(C)c2C1c1ccccn1. The molecule has 3 heterocycles. The van der Waals surface area contributed by atoms with Gasteiger partial charge in [0.05, 0.1) is 29.5 Å². The summed E-state index contributed by atoms with van der Waals surface area (Å²) in [7, 11) is 4.16. The van der Waals surface area contributed by atoms with E-state index < -0.39 is 0 Å². The second kappa shape index (κ2) is 4.75. The van der Waals surface area contributed by atoms with E-state index in [4.69, 9.17) is 5.73 Å². The van der Waals surface area contributed by atoms with E-state index >= 15 is 0 Å². The van der Waals surface area contributed by atoms with Gasteiger partial charge in [-0.3, -0.25) is 9.88 Å². The molecule has 5 nitrogen and oxygen atoms in total. The van der Waals surface area contributed by atoms with E-state index in [2.05, 4.69) is 32.5 Å². The molecule has 0 spiro atoms. The molecular formula is C14H19N5. The van der Waals surface area contributed by atoms with Crippen LogP contribution in [0.3, 0.4) is 0 Å². The highest BCUT2D eigenvalue weighted by molar-refractivity contribution is 5.30. The molecule has 2 aromatic rings. The Bertz CT molecular complexity index is 562. The van der Waals surface area contributed by atoms with Gasteiger partial charge in [-0.1, -0.05) is 6.07 Å². The number of aryl methyl sites for hydroxylation is 1. The van der Waals surface area contributed by atoms with Crippen LogP contribution in [0.15, 0.2) is 30.7 Å². The lowest BCUT2D eigenvalue weighted by molar-refractivity contribution is 0.174. The fraction of sp³-hybridized carbons (Fsp3) is 0.429. The molecule has 0 bridgehead atoms. The molecule has 100 valence electrons. The summed E-state index contributed by atoms with van der Waals surface area (Å²) >= 11 is 0. The number of likely N-dealkylation sites (N-methyl/N-ethyl adjacent to an activating group) is 1. The first-order valence-corrected chi connectivity index (χ1v) is 6.55. The van der Waals surface area contributed by atoms with Crippen molar-refractivity contribution in [2.24, 2.45) is 12.8 Å². The van der Waals surface area contributed by atoms with Gasteiger partial charge in [-0.15, -0.1) is 0 Å². The zero-order valence-electron chi connectivity index (χ0n) is 11.3. The van der Waals surface area contributed by atoms with Crippen LogP contribution in [0.2, 0.25) is 0 Å². The third kappa shape index (κ3) is 1.95. The maximum absolute atomic E-state index is 5.90. The first kappa shape index (κ1) is 12.3. The Labute approximate surface area is 113 Å². The average molecular weight is 257 g/mol. The fourth-order valence-electron chi connectivity index (χ4n) is 2.90. The van der Waals surface area contributed by atoms with E-state index in [1.54, 1.807) is 0 Å². The van der Waals surface area contributed by atoms with Gasteiger partial charge in [0.2, 0.25) is 0 Å². The van der Waals surface area contributed by atoms with Crippen LogP contribution in [0.25, 0.3) is 0 Å². The van der Waals surface area contributed by atoms with Crippen molar-refractivity contribution in [2.75, 3.05) is 13.6 Å². The van der Waals surface area contributed by atoms with Crippen molar-refractivity contribution in [1.82, 2.24) is 19.4 Å². The Morgan fingerprint density at radius 2 is 2.16 bits per heavy atom. The van der Waals surface area contributed by atoms with Crippen molar-refractivity contribution in [3.8, 4) is 0 Å². The maximum Gasteiger partial charge on any atom is 0.0949 e. The summed E-state index contributed by atoms with van der Waals surface area (Å²) in [5.74, 6) is 0. The van der Waals surface area contributed by atoms with Crippen molar-refractivity contribution < 1.29 is 0 Å². The monoisotopic (exact) mass is 257 g/mol. The normalized spacial score (nSPS) is 23.3. The Balaban J connectivity index is 2.12. The largest absolute Gasteiger partial charge is 0.336 e. The molecule has 0 amide bonds. The Morgan fingerprint density at radius 1 is 1.32 bits per heavy atom. The summed E-state index contributed by atoms with van der Waals surface area (Å²) in [4.78, 5) is 11.3. The van der Waals surface area contributed by atoms with Crippen molar-refractivity contribution in [3.05, 3.63) is 47.8 Å².